The molecule has 1 aromatic carbocycles. The minimum Gasteiger partial charge on any atom is -0.456 e. The van der Waals surface area contributed by atoms with Crippen LogP contribution in [0.4, 0.5) is 0 Å². The van der Waals surface area contributed by atoms with Crippen LogP contribution in [-0.4, -0.2) is 33.4 Å². The van der Waals surface area contributed by atoms with Gasteiger partial charge in [0.2, 0.25) is 0 Å². The first-order chi connectivity index (χ1) is 11.1. The molecule has 2 aromatic heterocycles. The Morgan fingerprint density at radius 1 is 1.35 bits per heavy atom. The molecule has 2 heterocycles. The van der Waals surface area contributed by atoms with Gasteiger partial charge in [0.1, 0.15) is 33.4 Å². The van der Waals surface area contributed by atoms with Gasteiger partial charge in [0.05, 0.1) is 0 Å². The van der Waals surface area contributed by atoms with E-state index < -0.39 is 10.8 Å². The van der Waals surface area contributed by atoms with Crippen LogP contribution in [0.1, 0.15) is 10.4 Å². The monoisotopic (exact) mass is 331 g/mol. The second kappa shape index (κ2) is 6.17. The average molecular weight is 331 g/mol. The Balaban J connectivity index is 1.96. The Hall–Kier alpha value is -2.74. The van der Waals surface area contributed by atoms with Crippen LogP contribution >= 0.6 is 0 Å². The maximum absolute atomic E-state index is 11.8. The number of carbonyl (C=O) groups excluding carboxylic acids is 1. The number of hydrogen-bond donors (Lipinski definition) is 1. The molecule has 118 valence electrons. The summed E-state index contributed by atoms with van der Waals surface area (Å²) in [5, 5.41) is 2.69. The highest BCUT2D eigenvalue weighted by Gasteiger charge is 2.14. The van der Waals surface area contributed by atoms with E-state index in [4.69, 9.17) is 9.15 Å². The van der Waals surface area contributed by atoms with Gasteiger partial charge in [0, 0.05) is 31.8 Å². The van der Waals surface area contributed by atoms with Crippen LogP contribution in [0.25, 0.3) is 11.1 Å². The van der Waals surface area contributed by atoms with Crippen molar-refractivity contribution in [2.24, 2.45) is 0 Å². The zero-order chi connectivity index (χ0) is 16.4. The minimum atomic E-state index is -1.30. The molecule has 0 aliphatic carbocycles. The number of amides is 1. The molecule has 1 unspecified atom stereocenters. The normalized spacial score (nSPS) is 12.1. The zero-order valence-corrected chi connectivity index (χ0v) is 13.2. The average Bonchev–Trinajstić information content (AvgIpc) is 2.98. The summed E-state index contributed by atoms with van der Waals surface area (Å²) in [6.45, 7) is 0. The molecule has 8 heteroatoms. The third kappa shape index (κ3) is 3.07. The van der Waals surface area contributed by atoms with Crippen LogP contribution in [0.5, 0.6) is 11.5 Å². The van der Waals surface area contributed by atoms with E-state index in [0.29, 0.717) is 28.2 Å². The second-order valence-corrected chi connectivity index (χ2v) is 5.87. The first-order valence-corrected chi connectivity index (χ1v) is 8.22. The SMILES string of the molecule is CNC(=O)c1cnccc1Oc1ccc2nc(S(C)=O)oc2c1. The van der Waals surface area contributed by atoms with Gasteiger partial charge in [-0.3, -0.25) is 9.78 Å². The van der Waals surface area contributed by atoms with Crippen molar-refractivity contribution in [3.63, 3.8) is 0 Å². The lowest BCUT2D eigenvalue weighted by atomic mass is 10.2. The lowest BCUT2D eigenvalue weighted by Crippen LogP contribution is -2.18. The van der Waals surface area contributed by atoms with Gasteiger partial charge in [-0.2, -0.15) is 0 Å². The summed E-state index contributed by atoms with van der Waals surface area (Å²) >= 11 is 0. The largest absolute Gasteiger partial charge is 0.456 e. The summed E-state index contributed by atoms with van der Waals surface area (Å²) in [4.78, 5) is 19.9. The van der Waals surface area contributed by atoms with Gasteiger partial charge < -0.3 is 14.5 Å². The van der Waals surface area contributed by atoms with Crippen molar-refractivity contribution >= 4 is 27.8 Å². The summed E-state index contributed by atoms with van der Waals surface area (Å²) < 4.78 is 22.6. The third-order valence-corrected chi connectivity index (χ3v) is 3.73. The Bertz CT molecular complexity index is 907. The van der Waals surface area contributed by atoms with Crippen molar-refractivity contribution in [3.05, 3.63) is 42.2 Å². The fraction of sp³-hybridized carbons (Fsp3) is 0.133. The number of ether oxygens (including phenoxy) is 1. The van der Waals surface area contributed by atoms with E-state index >= 15 is 0 Å². The van der Waals surface area contributed by atoms with Crippen molar-refractivity contribution in [2.45, 2.75) is 5.22 Å². The van der Waals surface area contributed by atoms with Crippen LogP contribution < -0.4 is 10.1 Å². The standard InChI is InChI=1S/C15H13N3O4S/c1-16-14(19)10-8-17-6-5-12(10)21-9-3-4-11-13(7-9)22-15(18-11)23(2)20/h3-8H,1-2H3,(H,16,19). The molecule has 0 radical (unpaired) electrons. The highest BCUT2D eigenvalue weighted by atomic mass is 32.2. The van der Waals surface area contributed by atoms with Gasteiger partial charge in [0.15, 0.2) is 5.58 Å². The van der Waals surface area contributed by atoms with Gasteiger partial charge in [-0.1, -0.05) is 0 Å². The van der Waals surface area contributed by atoms with Crippen molar-refractivity contribution in [1.82, 2.24) is 15.3 Å². The summed E-state index contributed by atoms with van der Waals surface area (Å²) in [6, 6.07) is 6.63. The molecule has 0 aliphatic heterocycles. The molecule has 0 saturated heterocycles. The molecule has 0 spiro atoms. The van der Waals surface area contributed by atoms with Crippen molar-refractivity contribution in [3.8, 4) is 11.5 Å². The van der Waals surface area contributed by atoms with E-state index in [1.807, 2.05) is 0 Å². The molecule has 3 rings (SSSR count). The van der Waals surface area contributed by atoms with Gasteiger partial charge in [-0.25, -0.2) is 9.19 Å². The van der Waals surface area contributed by atoms with E-state index in [1.165, 1.54) is 25.7 Å². The fourth-order valence-electron chi connectivity index (χ4n) is 1.97. The number of carbonyl (C=O) groups is 1. The zero-order valence-electron chi connectivity index (χ0n) is 12.4. The maximum Gasteiger partial charge on any atom is 0.287 e. The molecule has 7 nitrogen and oxygen atoms in total. The van der Waals surface area contributed by atoms with Crippen LogP contribution in [0.2, 0.25) is 0 Å². The van der Waals surface area contributed by atoms with E-state index in [0.717, 1.165) is 0 Å². The highest BCUT2D eigenvalue weighted by molar-refractivity contribution is 7.84. The Kier molecular flexibility index (Phi) is 4.07. The minimum absolute atomic E-state index is 0.159. The first kappa shape index (κ1) is 15.2. The lowest BCUT2D eigenvalue weighted by molar-refractivity contribution is 0.0960. The van der Waals surface area contributed by atoms with Crippen molar-refractivity contribution < 1.29 is 18.2 Å². The Morgan fingerprint density at radius 3 is 2.91 bits per heavy atom. The topological polar surface area (TPSA) is 94.3 Å². The molecule has 1 N–H and O–H groups in total. The number of aromatic nitrogens is 2. The second-order valence-electron chi connectivity index (χ2n) is 4.62. The lowest BCUT2D eigenvalue weighted by Gasteiger charge is -2.09. The predicted octanol–water partition coefficient (Wildman–Crippen LogP) is 2.11. The van der Waals surface area contributed by atoms with Crippen molar-refractivity contribution in [2.75, 3.05) is 13.3 Å². The van der Waals surface area contributed by atoms with Gasteiger partial charge in [-0.15, -0.1) is 0 Å². The fourth-order valence-corrected chi connectivity index (χ4v) is 2.41. The first-order valence-electron chi connectivity index (χ1n) is 6.66. The maximum atomic E-state index is 11.8. The summed E-state index contributed by atoms with van der Waals surface area (Å²) in [5.74, 6) is 0.549. The third-order valence-electron chi connectivity index (χ3n) is 3.07. The Morgan fingerprint density at radius 2 is 2.17 bits per heavy atom. The molecule has 3 aromatic rings. The van der Waals surface area contributed by atoms with Gasteiger partial charge in [-0.05, 0) is 18.2 Å². The van der Waals surface area contributed by atoms with Crippen LogP contribution in [0, 0.1) is 0 Å². The van der Waals surface area contributed by atoms with E-state index in [-0.39, 0.29) is 11.1 Å². The van der Waals surface area contributed by atoms with Gasteiger partial charge >= 0.3 is 0 Å². The predicted molar refractivity (Wildman–Crippen MR) is 84.0 cm³/mol. The summed E-state index contributed by atoms with van der Waals surface area (Å²) in [5.41, 5.74) is 1.37. The molecule has 0 bridgehead atoms. The van der Waals surface area contributed by atoms with Crippen LogP contribution in [0.3, 0.4) is 0 Å². The van der Waals surface area contributed by atoms with E-state index in [9.17, 15) is 9.00 Å². The molecule has 0 saturated carbocycles. The number of nitrogens with one attached hydrogen (secondary N) is 1. The number of benzene rings is 1. The number of pyridine rings is 1. The molecule has 0 fully saturated rings. The number of oxazole rings is 1. The summed E-state index contributed by atoms with van der Waals surface area (Å²) in [6.07, 6.45) is 4.46. The molecule has 0 aliphatic rings. The van der Waals surface area contributed by atoms with Crippen LogP contribution in [-0.2, 0) is 10.8 Å². The molecule has 1 amide bonds. The molecular formula is C15H13N3O4S. The van der Waals surface area contributed by atoms with E-state index in [1.54, 1.807) is 24.3 Å². The van der Waals surface area contributed by atoms with E-state index in [2.05, 4.69) is 15.3 Å². The Labute approximate surface area is 134 Å². The number of fused-ring (bicyclic) bond motifs is 1. The molecule has 1 atom stereocenters. The smallest absolute Gasteiger partial charge is 0.287 e. The number of rotatable bonds is 4. The summed E-state index contributed by atoms with van der Waals surface area (Å²) in [7, 11) is 0.237. The highest BCUT2D eigenvalue weighted by Crippen LogP contribution is 2.28. The van der Waals surface area contributed by atoms with Crippen molar-refractivity contribution in [1.29, 1.82) is 0 Å². The quantitative estimate of drug-likeness (QED) is 0.787. The molecular weight excluding hydrogens is 318 g/mol. The van der Waals surface area contributed by atoms with Gasteiger partial charge in [0.25, 0.3) is 11.1 Å². The number of nitrogens with zero attached hydrogens (tertiary/aromatic N) is 2. The number of hydrogen-bond acceptors (Lipinski definition) is 6. The van der Waals surface area contributed by atoms with Crippen LogP contribution in [0.15, 0.2) is 46.3 Å². The molecule has 23 heavy (non-hydrogen) atoms.